The Balaban J connectivity index is 0.00000220. The zero-order chi connectivity index (χ0) is 14.5. The van der Waals surface area contributed by atoms with Crippen LogP contribution in [-0.2, 0) is 4.79 Å². The fourth-order valence-electron chi connectivity index (χ4n) is 1.67. The van der Waals surface area contributed by atoms with Gasteiger partial charge in [-0.05, 0) is 6.07 Å². The third-order valence-corrected chi connectivity index (χ3v) is 3.05. The van der Waals surface area contributed by atoms with Gasteiger partial charge in [0.15, 0.2) is 6.04 Å². The molecule has 6 nitrogen and oxygen atoms in total. The molecule has 0 saturated heterocycles. The predicted molar refractivity (Wildman–Crippen MR) is 76.8 cm³/mol. The third-order valence-electron chi connectivity index (χ3n) is 3.05. The molecule has 0 bridgehead atoms. The molecule has 2 rings (SSSR count). The molecule has 1 aromatic carbocycles. The van der Waals surface area contributed by atoms with Crippen molar-refractivity contribution < 1.29 is 22.9 Å². The standard InChI is InChI=1S/C14H17N5O.ClH/c1-9(2)12(15)14(20)19-18-8-10-4-3-5-11-13(10)17-7-6-16-11;/h3-9,12H,15H2,1-2H3,(H,19,20);1H/t12-;/m1./s1. The number of fused-ring (bicyclic) bond motifs is 1. The van der Waals surface area contributed by atoms with Crippen molar-refractivity contribution in [1.29, 1.82) is 0 Å². The molecule has 0 aliphatic rings. The van der Waals surface area contributed by atoms with Crippen LogP contribution in [0.5, 0.6) is 0 Å². The highest BCUT2D eigenvalue weighted by Gasteiger charge is 2.20. The molecule has 1 atom stereocenters. The molecule has 21 heavy (non-hydrogen) atoms. The Labute approximate surface area is 129 Å². The lowest BCUT2D eigenvalue weighted by Crippen LogP contribution is -3.00. The monoisotopic (exact) mass is 307 g/mol. The number of hydrogen-bond acceptors (Lipinski definition) is 4. The molecule has 1 aromatic heterocycles. The third kappa shape index (κ3) is 4.21. The number of carbonyl (C=O) groups excluding carboxylic acids is 1. The lowest BCUT2D eigenvalue weighted by molar-refractivity contribution is -0.414. The minimum absolute atomic E-state index is 0. The Morgan fingerprint density at radius 3 is 2.76 bits per heavy atom. The highest BCUT2D eigenvalue weighted by molar-refractivity contribution is 5.96. The van der Waals surface area contributed by atoms with E-state index in [0.29, 0.717) is 0 Å². The normalized spacial score (nSPS) is 12.4. The van der Waals surface area contributed by atoms with Crippen LogP contribution >= 0.6 is 0 Å². The van der Waals surface area contributed by atoms with E-state index in [1.165, 1.54) is 0 Å². The SMILES string of the molecule is CC(C)[C@@H]([NH3+])C(=O)NN=Cc1cccc2nccnc12.[Cl-]. The number of benzene rings is 1. The predicted octanol–water partition coefficient (Wildman–Crippen LogP) is -2.65. The Hall–Kier alpha value is -2.05. The van der Waals surface area contributed by atoms with Crippen molar-refractivity contribution in [3.8, 4) is 0 Å². The fourth-order valence-corrected chi connectivity index (χ4v) is 1.67. The number of quaternary nitrogens is 1. The summed E-state index contributed by atoms with van der Waals surface area (Å²) in [6.45, 7) is 3.89. The summed E-state index contributed by atoms with van der Waals surface area (Å²) in [5.74, 6) is -0.0174. The van der Waals surface area contributed by atoms with E-state index in [0.717, 1.165) is 16.6 Å². The Morgan fingerprint density at radius 2 is 2.05 bits per heavy atom. The van der Waals surface area contributed by atoms with E-state index < -0.39 is 0 Å². The van der Waals surface area contributed by atoms with Gasteiger partial charge in [-0.2, -0.15) is 5.10 Å². The van der Waals surface area contributed by atoms with Crippen molar-refractivity contribution in [1.82, 2.24) is 15.4 Å². The van der Waals surface area contributed by atoms with E-state index in [-0.39, 0.29) is 30.3 Å². The Kier molecular flexibility index (Phi) is 6.20. The summed E-state index contributed by atoms with van der Waals surface area (Å²) in [6.07, 6.45) is 4.84. The van der Waals surface area contributed by atoms with Crippen LogP contribution in [0.1, 0.15) is 19.4 Å². The summed E-state index contributed by atoms with van der Waals surface area (Å²) in [4.78, 5) is 20.2. The van der Waals surface area contributed by atoms with Crippen LogP contribution in [0.2, 0.25) is 0 Å². The van der Waals surface area contributed by atoms with Crippen LogP contribution in [0.3, 0.4) is 0 Å². The average Bonchev–Trinajstić information content (AvgIpc) is 2.46. The molecule has 1 heterocycles. The van der Waals surface area contributed by atoms with Gasteiger partial charge in [-0.3, -0.25) is 14.8 Å². The molecule has 112 valence electrons. The van der Waals surface area contributed by atoms with Crippen molar-refractivity contribution in [2.24, 2.45) is 11.0 Å². The first kappa shape index (κ1) is 17.0. The zero-order valence-electron chi connectivity index (χ0n) is 12.0. The first-order valence-electron chi connectivity index (χ1n) is 6.45. The van der Waals surface area contributed by atoms with E-state index in [9.17, 15) is 4.79 Å². The van der Waals surface area contributed by atoms with E-state index in [2.05, 4.69) is 26.2 Å². The maximum atomic E-state index is 11.7. The quantitative estimate of drug-likeness (QED) is 0.477. The number of carbonyl (C=O) groups is 1. The van der Waals surface area contributed by atoms with Crippen LogP contribution in [0.15, 0.2) is 35.7 Å². The number of nitrogens with zero attached hydrogens (tertiary/aromatic N) is 3. The molecule has 0 saturated carbocycles. The number of amides is 1. The minimum Gasteiger partial charge on any atom is -1.00 e. The number of nitrogens with one attached hydrogen (secondary N) is 1. The van der Waals surface area contributed by atoms with Gasteiger partial charge in [0.1, 0.15) is 0 Å². The molecule has 7 heteroatoms. The van der Waals surface area contributed by atoms with E-state index in [1.54, 1.807) is 18.6 Å². The lowest BCUT2D eigenvalue weighted by atomic mass is 10.1. The Bertz CT molecular complexity index is 639. The molecule has 4 N–H and O–H groups in total. The Morgan fingerprint density at radius 1 is 1.33 bits per heavy atom. The van der Waals surface area contributed by atoms with E-state index >= 15 is 0 Å². The second kappa shape index (κ2) is 7.66. The van der Waals surface area contributed by atoms with Gasteiger partial charge >= 0.3 is 0 Å². The van der Waals surface area contributed by atoms with Crippen LogP contribution in [0.4, 0.5) is 0 Å². The fraction of sp³-hybridized carbons (Fsp3) is 0.286. The van der Waals surface area contributed by atoms with E-state index in [4.69, 9.17) is 0 Å². The van der Waals surface area contributed by atoms with Gasteiger partial charge in [-0.25, -0.2) is 5.43 Å². The van der Waals surface area contributed by atoms with Crippen LogP contribution in [0, 0.1) is 5.92 Å². The highest BCUT2D eigenvalue weighted by atomic mass is 35.5. The van der Waals surface area contributed by atoms with Crippen molar-refractivity contribution in [3.63, 3.8) is 0 Å². The zero-order valence-corrected chi connectivity index (χ0v) is 12.7. The van der Waals surface area contributed by atoms with Crippen molar-refractivity contribution in [2.45, 2.75) is 19.9 Å². The molecule has 0 fully saturated rings. The van der Waals surface area contributed by atoms with Gasteiger partial charge in [0.05, 0.1) is 17.2 Å². The molecule has 0 aliphatic heterocycles. The van der Waals surface area contributed by atoms with Gasteiger partial charge in [0.2, 0.25) is 0 Å². The molecule has 0 aliphatic carbocycles. The summed E-state index contributed by atoms with van der Waals surface area (Å²) < 4.78 is 0. The van der Waals surface area contributed by atoms with Crippen LogP contribution < -0.4 is 23.6 Å². The van der Waals surface area contributed by atoms with Crippen LogP contribution in [0.25, 0.3) is 11.0 Å². The minimum atomic E-state index is -0.320. The lowest BCUT2D eigenvalue weighted by Gasteiger charge is -2.09. The van der Waals surface area contributed by atoms with Gasteiger partial charge in [0, 0.05) is 23.9 Å². The molecular weight excluding hydrogens is 290 g/mol. The number of rotatable bonds is 4. The van der Waals surface area contributed by atoms with Gasteiger partial charge in [-0.1, -0.05) is 26.0 Å². The molecular formula is C14H18ClN5O. The molecule has 2 aromatic rings. The molecule has 0 spiro atoms. The van der Waals surface area contributed by atoms with Crippen molar-refractivity contribution in [2.75, 3.05) is 0 Å². The van der Waals surface area contributed by atoms with Gasteiger partial charge < -0.3 is 18.1 Å². The highest BCUT2D eigenvalue weighted by Crippen LogP contribution is 2.11. The summed E-state index contributed by atoms with van der Waals surface area (Å²) in [5.41, 5.74) is 8.65. The summed E-state index contributed by atoms with van der Waals surface area (Å²) >= 11 is 0. The van der Waals surface area contributed by atoms with Crippen molar-refractivity contribution in [3.05, 3.63) is 36.2 Å². The second-order valence-corrected chi connectivity index (χ2v) is 4.86. The van der Waals surface area contributed by atoms with E-state index in [1.807, 2.05) is 32.0 Å². The number of aromatic nitrogens is 2. The second-order valence-electron chi connectivity index (χ2n) is 4.86. The number of hydrazone groups is 1. The average molecular weight is 308 g/mol. The van der Waals surface area contributed by atoms with Crippen molar-refractivity contribution >= 4 is 23.2 Å². The maximum Gasteiger partial charge on any atom is 0.298 e. The number of para-hydroxylation sites is 1. The summed E-state index contributed by atoms with van der Waals surface area (Å²) in [6, 6.07) is 5.30. The molecule has 1 amide bonds. The van der Waals surface area contributed by atoms with Crippen LogP contribution in [-0.4, -0.2) is 28.1 Å². The molecule has 0 radical (unpaired) electrons. The summed E-state index contributed by atoms with van der Waals surface area (Å²) in [7, 11) is 0. The van der Waals surface area contributed by atoms with Gasteiger partial charge in [-0.15, -0.1) is 0 Å². The first-order chi connectivity index (χ1) is 9.59. The maximum absolute atomic E-state index is 11.7. The first-order valence-corrected chi connectivity index (χ1v) is 6.45. The summed E-state index contributed by atoms with van der Waals surface area (Å²) in [5, 5.41) is 3.96. The van der Waals surface area contributed by atoms with Gasteiger partial charge in [0.25, 0.3) is 5.91 Å². The smallest absolute Gasteiger partial charge is 0.298 e. The largest absolute Gasteiger partial charge is 1.00 e. The number of halogens is 1. The number of hydrogen-bond donors (Lipinski definition) is 2. The molecule has 0 unspecified atom stereocenters. The topological polar surface area (TPSA) is 94.9 Å².